The van der Waals surface area contributed by atoms with Crippen molar-refractivity contribution >= 4 is 16.5 Å². The lowest BCUT2D eigenvalue weighted by Crippen LogP contribution is -2.06. The van der Waals surface area contributed by atoms with Crippen LogP contribution in [0.4, 0.5) is 0 Å². The van der Waals surface area contributed by atoms with E-state index in [-0.39, 0.29) is 0 Å². The first-order valence-electron chi connectivity index (χ1n) is 3.08. The predicted molar refractivity (Wildman–Crippen MR) is 36.7 cm³/mol. The van der Waals surface area contributed by atoms with Gasteiger partial charge in [-0.05, 0) is 0 Å². The SMILES string of the molecule is [AlH2][n]1ncc2c1CNC2. The number of nitrogens with zero attached hydrogens (tertiary/aromatic N) is 2. The molecule has 46 valence electrons. The Kier molecular flexibility index (Phi) is 1.12. The van der Waals surface area contributed by atoms with Crippen LogP contribution in [0.1, 0.15) is 11.3 Å². The maximum Gasteiger partial charge on any atom is 0.398 e. The second-order valence-electron chi connectivity index (χ2n) is 2.34. The fourth-order valence-corrected chi connectivity index (χ4v) is 1.76. The number of hydrogen-bond acceptors (Lipinski definition) is 2. The first-order chi connectivity index (χ1) is 4.38. The van der Waals surface area contributed by atoms with E-state index in [2.05, 4.69) is 14.1 Å². The molecule has 0 fully saturated rings. The first kappa shape index (κ1) is 5.48. The summed E-state index contributed by atoms with van der Waals surface area (Å²) in [5.41, 5.74) is 2.77. The Hall–Kier alpha value is -0.298. The van der Waals surface area contributed by atoms with Gasteiger partial charge in [0.1, 0.15) is 0 Å². The maximum atomic E-state index is 4.18. The first-order valence-corrected chi connectivity index (χ1v) is 3.98. The monoisotopic (exact) mass is 137 g/mol. The van der Waals surface area contributed by atoms with Gasteiger partial charge in [0.25, 0.3) is 0 Å². The molecule has 1 aromatic rings. The molecule has 1 aliphatic heterocycles. The lowest BCUT2D eigenvalue weighted by molar-refractivity contribution is 0.731. The molecule has 0 saturated heterocycles. The van der Waals surface area contributed by atoms with Crippen molar-refractivity contribution in [3.05, 3.63) is 17.5 Å². The van der Waals surface area contributed by atoms with E-state index in [1.807, 2.05) is 6.20 Å². The van der Waals surface area contributed by atoms with Crippen LogP contribution >= 0.6 is 0 Å². The third-order valence-electron chi connectivity index (χ3n) is 1.76. The second kappa shape index (κ2) is 1.84. The quantitative estimate of drug-likeness (QED) is 0.459. The van der Waals surface area contributed by atoms with Gasteiger partial charge in [0.15, 0.2) is 0 Å². The van der Waals surface area contributed by atoms with Crippen molar-refractivity contribution in [1.29, 1.82) is 0 Å². The normalized spacial score (nSPS) is 16.0. The molecule has 1 N–H and O–H groups in total. The number of rotatable bonds is 0. The smallest absolute Gasteiger partial charge is 0.370 e. The van der Waals surface area contributed by atoms with Crippen LogP contribution in [-0.4, -0.2) is 25.3 Å². The van der Waals surface area contributed by atoms with Gasteiger partial charge in [0.2, 0.25) is 0 Å². The van der Waals surface area contributed by atoms with Gasteiger partial charge in [-0.25, -0.2) is 5.10 Å². The van der Waals surface area contributed by atoms with Crippen molar-refractivity contribution in [1.82, 2.24) is 14.1 Å². The lowest BCUT2D eigenvalue weighted by atomic mass is 10.3. The van der Waals surface area contributed by atoms with Gasteiger partial charge in [-0.15, -0.1) is 0 Å². The van der Waals surface area contributed by atoms with E-state index in [4.69, 9.17) is 0 Å². The zero-order chi connectivity index (χ0) is 6.27. The van der Waals surface area contributed by atoms with Gasteiger partial charge in [-0.1, -0.05) is 0 Å². The highest BCUT2D eigenvalue weighted by Gasteiger charge is 2.11. The third-order valence-corrected chi connectivity index (χ3v) is 2.53. The molecule has 0 amide bonds. The van der Waals surface area contributed by atoms with Crippen LogP contribution in [-0.2, 0) is 13.1 Å². The summed E-state index contributed by atoms with van der Waals surface area (Å²) in [5, 5.41) is 7.45. The van der Waals surface area contributed by atoms with Crippen LogP contribution in [0, 0.1) is 0 Å². The summed E-state index contributed by atoms with van der Waals surface area (Å²) >= 11 is 1.01. The molecule has 0 bridgehead atoms. The average molecular weight is 137 g/mol. The van der Waals surface area contributed by atoms with Gasteiger partial charge in [0, 0.05) is 24.3 Å². The largest absolute Gasteiger partial charge is 0.398 e. The fraction of sp³-hybridized carbons (Fsp3) is 0.400. The number of aromatic nitrogens is 2. The summed E-state index contributed by atoms with van der Waals surface area (Å²) in [6, 6.07) is 0. The summed E-state index contributed by atoms with van der Waals surface area (Å²) in [5.74, 6) is 0. The topological polar surface area (TPSA) is 29.9 Å². The molecule has 0 spiro atoms. The molecule has 0 unspecified atom stereocenters. The number of nitrogens with one attached hydrogen (secondary N) is 1. The zero-order valence-electron chi connectivity index (χ0n) is 5.39. The molecule has 9 heavy (non-hydrogen) atoms. The summed E-state index contributed by atoms with van der Waals surface area (Å²) in [4.78, 5) is 0. The van der Waals surface area contributed by atoms with Crippen molar-refractivity contribution in [3.8, 4) is 0 Å². The molecular weight excluding hydrogens is 129 g/mol. The third kappa shape index (κ3) is 0.716. The Morgan fingerprint density at radius 1 is 1.67 bits per heavy atom. The summed E-state index contributed by atoms with van der Waals surface area (Å²) in [6.45, 7) is 2.02. The van der Waals surface area contributed by atoms with Gasteiger partial charge >= 0.3 is 16.5 Å². The molecule has 1 aromatic heterocycles. The second-order valence-corrected chi connectivity index (χ2v) is 3.19. The molecule has 3 nitrogen and oxygen atoms in total. The Morgan fingerprint density at radius 3 is 3.33 bits per heavy atom. The van der Waals surface area contributed by atoms with E-state index in [9.17, 15) is 0 Å². The summed E-state index contributed by atoms with van der Waals surface area (Å²) < 4.78 is 2.06. The minimum Gasteiger partial charge on any atom is -0.370 e. The highest BCUT2D eigenvalue weighted by molar-refractivity contribution is 6.06. The molecule has 2 heterocycles. The van der Waals surface area contributed by atoms with Crippen molar-refractivity contribution in [2.75, 3.05) is 0 Å². The Labute approximate surface area is 61.7 Å². The average Bonchev–Trinajstić information content (AvgIpc) is 2.35. The zero-order valence-corrected chi connectivity index (χ0v) is 7.39. The Bertz CT molecular complexity index is 230. The Balaban J connectivity index is 2.56. The highest BCUT2D eigenvalue weighted by atomic mass is 27.1. The van der Waals surface area contributed by atoms with Crippen molar-refractivity contribution in [2.24, 2.45) is 0 Å². The van der Waals surface area contributed by atoms with E-state index in [1.54, 1.807) is 0 Å². The summed E-state index contributed by atoms with van der Waals surface area (Å²) in [6.07, 6.45) is 1.96. The van der Waals surface area contributed by atoms with E-state index in [0.29, 0.717) is 0 Å². The molecule has 0 aromatic carbocycles. The number of fused-ring (bicyclic) bond motifs is 1. The molecule has 4 heteroatoms. The maximum absolute atomic E-state index is 4.18. The molecule has 2 rings (SSSR count). The molecule has 0 atom stereocenters. The molecular formula is C5H8AlN3. The van der Waals surface area contributed by atoms with Crippen molar-refractivity contribution < 1.29 is 0 Å². The summed E-state index contributed by atoms with van der Waals surface area (Å²) in [7, 11) is 0. The minimum absolute atomic E-state index is 1.01. The van der Waals surface area contributed by atoms with Crippen LogP contribution in [0.3, 0.4) is 0 Å². The van der Waals surface area contributed by atoms with Gasteiger partial charge in [-0.2, -0.15) is 0 Å². The van der Waals surface area contributed by atoms with Crippen LogP contribution in [0.25, 0.3) is 0 Å². The fourth-order valence-electron chi connectivity index (χ4n) is 1.20. The van der Waals surface area contributed by atoms with E-state index in [0.717, 1.165) is 29.6 Å². The van der Waals surface area contributed by atoms with Crippen molar-refractivity contribution in [3.63, 3.8) is 0 Å². The van der Waals surface area contributed by atoms with Gasteiger partial charge < -0.3 is 8.98 Å². The molecule has 0 radical (unpaired) electrons. The van der Waals surface area contributed by atoms with E-state index < -0.39 is 0 Å². The van der Waals surface area contributed by atoms with Crippen molar-refractivity contribution in [2.45, 2.75) is 13.1 Å². The van der Waals surface area contributed by atoms with E-state index >= 15 is 0 Å². The van der Waals surface area contributed by atoms with Crippen LogP contribution < -0.4 is 5.32 Å². The Morgan fingerprint density at radius 2 is 2.56 bits per heavy atom. The van der Waals surface area contributed by atoms with Crippen LogP contribution in [0.5, 0.6) is 0 Å². The predicted octanol–water partition coefficient (Wildman–Crippen LogP) is -1.12. The molecule has 0 saturated carbocycles. The number of hydrogen-bond donors (Lipinski definition) is 1. The molecule has 0 aliphatic carbocycles. The lowest BCUT2D eigenvalue weighted by Gasteiger charge is -1.94. The standard InChI is InChI=1S/C5H6N3.Al.2H/c1-4-2-7-8-5(4)3-6-1;;;/h2,6H,1,3H2;;;/q-1;+1;;. The van der Waals surface area contributed by atoms with Crippen LogP contribution in [0.15, 0.2) is 6.20 Å². The van der Waals surface area contributed by atoms with Gasteiger partial charge in [0.05, 0.1) is 6.20 Å². The van der Waals surface area contributed by atoms with E-state index in [1.165, 1.54) is 11.3 Å². The molecule has 1 aliphatic rings. The van der Waals surface area contributed by atoms with Gasteiger partial charge in [-0.3, -0.25) is 0 Å². The van der Waals surface area contributed by atoms with Crippen LogP contribution in [0.2, 0.25) is 0 Å². The highest BCUT2D eigenvalue weighted by Crippen LogP contribution is 2.11. The minimum atomic E-state index is 1.01.